The molecular weight excluding hydrogens is 268 g/mol. The van der Waals surface area contributed by atoms with Gasteiger partial charge in [-0.1, -0.05) is 6.42 Å². The summed E-state index contributed by atoms with van der Waals surface area (Å²) in [5.74, 6) is 0.707. The highest BCUT2D eigenvalue weighted by Gasteiger charge is 2.33. The van der Waals surface area contributed by atoms with E-state index in [1.54, 1.807) is 11.3 Å². The van der Waals surface area contributed by atoms with Gasteiger partial charge in [-0.3, -0.25) is 4.79 Å². The maximum Gasteiger partial charge on any atom is 0.264 e. The van der Waals surface area contributed by atoms with E-state index in [0.29, 0.717) is 18.5 Å². The highest BCUT2D eigenvalue weighted by molar-refractivity contribution is 7.14. The van der Waals surface area contributed by atoms with Crippen molar-refractivity contribution in [2.24, 2.45) is 11.7 Å². The zero-order chi connectivity index (χ0) is 14.1. The van der Waals surface area contributed by atoms with Crippen molar-refractivity contribution in [3.63, 3.8) is 0 Å². The third-order valence-corrected chi connectivity index (χ3v) is 5.94. The Morgan fingerprint density at radius 1 is 1.40 bits per heavy atom. The van der Waals surface area contributed by atoms with Crippen molar-refractivity contribution < 1.29 is 4.79 Å². The molecule has 2 aliphatic rings. The molecule has 2 N–H and O–H groups in total. The maximum atomic E-state index is 12.7. The number of thiophene rings is 1. The summed E-state index contributed by atoms with van der Waals surface area (Å²) in [6, 6.07) is 2.49. The van der Waals surface area contributed by atoms with Crippen molar-refractivity contribution in [2.45, 2.75) is 51.5 Å². The molecule has 1 aliphatic carbocycles. The average Bonchev–Trinajstić information content (AvgIpc) is 2.96. The van der Waals surface area contributed by atoms with Gasteiger partial charge in [0.05, 0.1) is 4.88 Å². The van der Waals surface area contributed by atoms with Gasteiger partial charge in [-0.15, -0.1) is 11.3 Å². The summed E-state index contributed by atoms with van der Waals surface area (Å²) in [5, 5.41) is 0. The molecule has 2 atom stereocenters. The molecule has 1 aromatic heterocycles. The number of nitrogens with zero attached hydrogens (tertiary/aromatic N) is 1. The Labute approximate surface area is 125 Å². The van der Waals surface area contributed by atoms with Crippen LogP contribution in [0, 0.1) is 5.92 Å². The van der Waals surface area contributed by atoms with Crippen molar-refractivity contribution in [3.05, 3.63) is 21.4 Å². The van der Waals surface area contributed by atoms with Gasteiger partial charge in [0.2, 0.25) is 0 Å². The van der Waals surface area contributed by atoms with Gasteiger partial charge in [-0.25, -0.2) is 0 Å². The minimum absolute atomic E-state index is 0.228. The van der Waals surface area contributed by atoms with Gasteiger partial charge in [0.15, 0.2) is 0 Å². The molecule has 0 spiro atoms. The molecule has 0 aromatic carbocycles. The van der Waals surface area contributed by atoms with E-state index in [-0.39, 0.29) is 5.91 Å². The fourth-order valence-electron chi connectivity index (χ4n) is 3.51. The third kappa shape index (κ3) is 2.63. The van der Waals surface area contributed by atoms with E-state index in [0.717, 1.165) is 30.7 Å². The molecule has 3 nitrogen and oxygen atoms in total. The predicted molar refractivity (Wildman–Crippen MR) is 83.2 cm³/mol. The van der Waals surface area contributed by atoms with Crippen molar-refractivity contribution in [1.29, 1.82) is 0 Å². The van der Waals surface area contributed by atoms with E-state index in [9.17, 15) is 4.79 Å². The highest BCUT2D eigenvalue weighted by atomic mass is 32.1. The summed E-state index contributed by atoms with van der Waals surface area (Å²) in [7, 11) is 0. The molecule has 1 fully saturated rings. The molecule has 2 unspecified atom stereocenters. The monoisotopic (exact) mass is 292 g/mol. The molecule has 1 saturated heterocycles. The van der Waals surface area contributed by atoms with Crippen molar-refractivity contribution in [3.8, 4) is 0 Å². The molecule has 1 amide bonds. The Kier molecular flexibility index (Phi) is 4.13. The molecule has 1 aliphatic heterocycles. The van der Waals surface area contributed by atoms with Gasteiger partial charge in [0, 0.05) is 17.5 Å². The Morgan fingerprint density at radius 3 is 2.95 bits per heavy atom. The molecule has 20 heavy (non-hydrogen) atoms. The third-order valence-electron chi connectivity index (χ3n) is 4.71. The molecule has 0 bridgehead atoms. The van der Waals surface area contributed by atoms with E-state index < -0.39 is 0 Å². The van der Waals surface area contributed by atoms with Crippen molar-refractivity contribution in [2.75, 3.05) is 13.1 Å². The number of hydrogen-bond donors (Lipinski definition) is 1. The number of amides is 1. The molecule has 0 radical (unpaired) electrons. The summed E-state index contributed by atoms with van der Waals surface area (Å²) in [4.78, 5) is 17.1. The summed E-state index contributed by atoms with van der Waals surface area (Å²) in [6.07, 6.45) is 7.23. The number of rotatable bonds is 2. The topological polar surface area (TPSA) is 46.3 Å². The van der Waals surface area contributed by atoms with Crippen LogP contribution >= 0.6 is 11.3 Å². The lowest BCUT2D eigenvalue weighted by atomic mass is 10.1. The van der Waals surface area contributed by atoms with Crippen LogP contribution in [0.15, 0.2) is 6.07 Å². The number of nitrogens with two attached hydrogens (primary N) is 1. The second kappa shape index (κ2) is 5.86. The van der Waals surface area contributed by atoms with E-state index in [1.807, 2.05) is 4.90 Å². The highest BCUT2D eigenvalue weighted by Crippen LogP contribution is 2.32. The minimum atomic E-state index is 0.228. The number of likely N-dealkylation sites (tertiary alicyclic amines) is 1. The first-order valence-electron chi connectivity index (χ1n) is 7.81. The van der Waals surface area contributed by atoms with Crippen LogP contribution in [0.5, 0.6) is 0 Å². The molecule has 1 aromatic rings. The Morgan fingerprint density at radius 2 is 2.20 bits per heavy atom. The fourth-order valence-corrected chi connectivity index (χ4v) is 4.72. The average molecular weight is 292 g/mol. The summed E-state index contributed by atoms with van der Waals surface area (Å²) in [5.41, 5.74) is 7.19. The Hall–Kier alpha value is -0.870. The van der Waals surface area contributed by atoms with Crippen LogP contribution in [0.3, 0.4) is 0 Å². The zero-order valence-corrected chi connectivity index (χ0v) is 13.0. The standard InChI is InChI=1S/C16H24N2OS/c1-11-7-12(9-17)10-18(11)16(19)15-8-13-5-3-2-4-6-14(13)20-15/h8,11-12H,2-7,9-10,17H2,1H3. The lowest BCUT2D eigenvalue weighted by molar-refractivity contribution is 0.0748. The van der Waals surface area contributed by atoms with E-state index in [2.05, 4.69) is 13.0 Å². The van der Waals surface area contributed by atoms with E-state index >= 15 is 0 Å². The predicted octanol–water partition coefficient (Wildman–Crippen LogP) is 2.83. The number of aryl methyl sites for hydroxylation is 2. The first-order valence-corrected chi connectivity index (χ1v) is 8.63. The van der Waals surface area contributed by atoms with Gasteiger partial charge in [0.1, 0.15) is 0 Å². The second-order valence-electron chi connectivity index (χ2n) is 6.26. The van der Waals surface area contributed by atoms with Gasteiger partial charge >= 0.3 is 0 Å². The number of carbonyl (C=O) groups excluding carboxylic acids is 1. The lowest BCUT2D eigenvalue weighted by Crippen LogP contribution is -2.33. The lowest BCUT2D eigenvalue weighted by Gasteiger charge is -2.20. The van der Waals surface area contributed by atoms with Crippen LogP contribution in [0.25, 0.3) is 0 Å². The number of carbonyl (C=O) groups is 1. The smallest absolute Gasteiger partial charge is 0.264 e. The molecule has 4 heteroatoms. The minimum Gasteiger partial charge on any atom is -0.335 e. The molecule has 0 saturated carbocycles. The Bertz CT molecular complexity index is 473. The van der Waals surface area contributed by atoms with Crippen LogP contribution in [0.4, 0.5) is 0 Å². The van der Waals surface area contributed by atoms with E-state index in [4.69, 9.17) is 5.73 Å². The summed E-state index contributed by atoms with van der Waals surface area (Å²) >= 11 is 1.73. The van der Waals surface area contributed by atoms with Gasteiger partial charge in [-0.2, -0.15) is 0 Å². The summed E-state index contributed by atoms with van der Waals surface area (Å²) < 4.78 is 0. The van der Waals surface area contributed by atoms with Gasteiger partial charge in [0.25, 0.3) is 5.91 Å². The van der Waals surface area contributed by atoms with Crippen molar-refractivity contribution in [1.82, 2.24) is 4.90 Å². The van der Waals surface area contributed by atoms with Gasteiger partial charge in [-0.05, 0) is 63.1 Å². The molecule has 2 heterocycles. The summed E-state index contributed by atoms with van der Waals surface area (Å²) in [6.45, 7) is 3.67. The van der Waals surface area contributed by atoms with Crippen LogP contribution in [0.2, 0.25) is 0 Å². The Balaban J connectivity index is 1.77. The molecule has 3 rings (SSSR count). The maximum absolute atomic E-state index is 12.7. The fraction of sp³-hybridized carbons (Fsp3) is 0.688. The second-order valence-corrected chi connectivity index (χ2v) is 7.40. The van der Waals surface area contributed by atoms with Crippen LogP contribution in [0.1, 0.15) is 52.7 Å². The van der Waals surface area contributed by atoms with Crippen molar-refractivity contribution >= 4 is 17.2 Å². The van der Waals surface area contributed by atoms with Crippen LogP contribution < -0.4 is 5.73 Å². The van der Waals surface area contributed by atoms with Crippen LogP contribution in [-0.4, -0.2) is 29.9 Å². The normalized spacial score (nSPS) is 26.4. The van der Waals surface area contributed by atoms with E-state index in [1.165, 1.54) is 29.7 Å². The van der Waals surface area contributed by atoms with Gasteiger partial charge < -0.3 is 10.6 Å². The SMILES string of the molecule is CC1CC(CN)CN1C(=O)c1cc2c(s1)CCCCC2. The van der Waals surface area contributed by atoms with Crippen LogP contribution in [-0.2, 0) is 12.8 Å². The first-order chi connectivity index (χ1) is 9.69. The number of fused-ring (bicyclic) bond motifs is 1. The molecule has 110 valence electrons. The first kappa shape index (κ1) is 14.1. The number of hydrogen-bond acceptors (Lipinski definition) is 3. The zero-order valence-electron chi connectivity index (χ0n) is 12.2. The molecular formula is C16H24N2OS. The largest absolute Gasteiger partial charge is 0.335 e. The quantitative estimate of drug-likeness (QED) is 0.852.